The van der Waals surface area contributed by atoms with E-state index in [1.807, 2.05) is 6.07 Å². The zero-order chi connectivity index (χ0) is 9.97. The maximum atomic E-state index is 5.60. The molecule has 0 saturated heterocycles. The SMILES string of the molecule is CC1=CCN(c2cc(N)ncn2)CC1. The fourth-order valence-electron chi connectivity index (χ4n) is 1.51. The van der Waals surface area contributed by atoms with Crippen LogP contribution in [0.2, 0.25) is 0 Å². The minimum absolute atomic E-state index is 0.529. The molecule has 0 radical (unpaired) electrons. The lowest BCUT2D eigenvalue weighted by Gasteiger charge is -2.26. The molecule has 1 aliphatic rings. The molecule has 0 atom stereocenters. The van der Waals surface area contributed by atoms with Gasteiger partial charge in [0.15, 0.2) is 0 Å². The third-order valence-electron chi connectivity index (χ3n) is 2.43. The molecule has 4 heteroatoms. The number of rotatable bonds is 1. The predicted molar refractivity (Wildman–Crippen MR) is 57.0 cm³/mol. The highest BCUT2D eigenvalue weighted by Crippen LogP contribution is 2.17. The van der Waals surface area contributed by atoms with Crippen molar-refractivity contribution in [1.82, 2.24) is 9.97 Å². The van der Waals surface area contributed by atoms with Gasteiger partial charge >= 0.3 is 0 Å². The van der Waals surface area contributed by atoms with Gasteiger partial charge in [0.1, 0.15) is 18.0 Å². The summed E-state index contributed by atoms with van der Waals surface area (Å²) in [6.45, 7) is 4.09. The summed E-state index contributed by atoms with van der Waals surface area (Å²) >= 11 is 0. The number of anilines is 2. The first kappa shape index (κ1) is 8.99. The number of aromatic nitrogens is 2. The second-order valence-electron chi connectivity index (χ2n) is 3.55. The van der Waals surface area contributed by atoms with Gasteiger partial charge in [-0.15, -0.1) is 0 Å². The first-order chi connectivity index (χ1) is 6.75. The van der Waals surface area contributed by atoms with Gasteiger partial charge in [0.2, 0.25) is 0 Å². The van der Waals surface area contributed by atoms with E-state index in [0.29, 0.717) is 5.82 Å². The van der Waals surface area contributed by atoms with E-state index in [2.05, 4.69) is 27.9 Å². The number of nitrogen functional groups attached to an aromatic ring is 1. The third kappa shape index (κ3) is 1.84. The zero-order valence-corrected chi connectivity index (χ0v) is 8.27. The van der Waals surface area contributed by atoms with Gasteiger partial charge in [0.05, 0.1) is 0 Å². The fraction of sp³-hybridized carbons (Fsp3) is 0.400. The van der Waals surface area contributed by atoms with Crippen molar-refractivity contribution in [3.8, 4) is 0 Å². The average molecular weight is 190 g/mol. The van der Waals surface area contributed by atoms with Crippen molar-refractivity contribution in [3.63, 3.8) is 0 Å². The summed E-state index contributed by atoms with van der Waals surface area (Å²) in [5.41, 5.74) is 7.05. The van der Waals surface area contributed by atoms with E-state index in [-0.39, 0.29) is 0 Å². The van der Waals surface area contributed by atoms with Crippen LogP contribution in [0.15, 0.2) is 24.0 Å². The molecular formula is C10H14N4. The minimum Gasteiger partial charge on any atom is -0.384 e. The summed E-state index contributed by atoms with van der Waals surface area (Å²) in [6, 6.07) is 1.81. The first-order valence-corrected chi connectivity index (χ1v) is 4.74. The number of nitrogens with zero attached hydrogens (tertiary/aromatic N) is 3. The van der Waals surface area contributed by atoms with Crippen LogP contribution in [0.25, 0.3) is 0 Å². The predicted octanol–water partition coefficient (Wildman–Crippen LogP) is 1.22. The molecule has 2 N–H and O–H groups in total. The van der Waals surface area contributed by atoms with Gasteiger partial charge < -0.3 is 10.6 Å². The van der Waals surface area contributed by atoms with E-state index in [4.69, 9.17) is 5.73 Å². The monoisotopic (exact) mass is 190 g/mol. The van der Waals surface area contributed by atoms with Crippen molar-refractivity contribution in [2.75, 3.05) is 23.7 Å². The molecule has 0 aromatic carbocycles. The summed E-state index contributed by atoms with van der Waals surface area (Å²) in [6.07, 6.45) is 4.83. The van der Waals surface area contributed by atoms with Crippen LogP contribution in [0.3, 0.4) is 0 Å². The van der Waals surface area contributed by atoms with Gasteiger partial charge in [0.25, 0.3) is 0 Å². The van der Waals surface area contributed by atoms with Gasteiger partial charge in [-0.3, -0.25) is 0 Å². The van der Waals surface area contributed by atoms with Gasteiger partial charge in [-0.05, 0) is 13.3 Å². The zero-order valence-electron chi connectivity index (χ0n) is 8.27. The Morgan fingerprint density at radius 2 is 2.29 bits per heavy atom. The Morgan fingerprint density at radius 3 is 2.93 bits per heavy atom. The average Bonchev–Trinajstić information content (AvgIpc) is 2.19. The normalized spacial score (nSPS) is 16.6. The molecule has 4 nitrogen and oxygen atoms in total. The van der Waals surface area contributed by atoms with Crippen LogP contribution in [0.4, 0.5) is 11.6 Å². The van der Waals surface area contributed by atoms with Gasteiger partial charge in [0, 0.05) is 19.2 Å². The van der Waals surface area contributed by atoms with E-state index in [0.717, 1.165) is 25.3 Å². The summed E-state index contributed by atoms with van der Waals surface area (Å²) in [4.78, 5) is 10.3. The lowest BCUT2D eigenvalue weighted by molar-refractivity contribution is 0.774. The van der Waals surface area contributed by atoms with Crippen molar-refractivity contribution >= 4 is 11.6 Å². The van der Waals surface area contributed by atoms with Gasteiger partial charge in [-0.1, -0.05) is 11.6 Å². The summed E-state index contributed by atoms with van der Waals surface area (Å²) in [7, 11) is 0. The lowest BCUT2D eigenvalue weighted by atomic mass is 10.1. The first-order valence-electron chi connectivity index (χ1n) is 4.74. The molecule has 74 valence electrons. The molecular weight excluding hydrogens is 176 g/mol. The molecule has 2 rings (SSSR count). The molecule has 2 heterocycles. The van der Waals surface area contributed by atoms with Crippen LogP contribution in [0.5, 0.6) is 0 Å². The smallest absolute Gasteiger partial charge is 0.134 e. The standard InChI is InChI=1S/C10H14N4/c1-8-2-4-14(5-3-8)10-6-9(11)12-7-13-10/h2,6-7H,3-5H2,1H3,(H2,11,12,13). The molecule has 0 spiro atoms. The lowest BCUT2D eigenvalue weighted by Crippen LogP contribution is -2.28. The van der Waals surface area contributed by atoms with Gasteiger partial charge in [-0.25, -0.2) is 9.97 Å². The minimum atomic E-state index is 0.529. The molecule has 0 saturated carbocycles. The number of hydrogen-bond acceptors (Lipinski definition) is 4. The van der Waals surface area contributed by atoms with E-state index in [9.17, 15) is 0 Å². The van der Waals surface area contributed by atoms with Crippen LogP contribution in [-0.4, -0.2) is 23.1 Å². The summed E-state index contributed by atoms with van der Waals surface area (Å²) in [5, 5.41) is 0. The van der Waals surface area contributed by atoms with Crippen LogP contribution in [0.1, 0.15) is 13.3 Å². The van der Waals surface area contributed by atoms with Crippen molar-refractivity contribution in [3.05, 3.63) is 24.0 Å². The van der Waals surface area contributed by atoms with Crippen molar-refractivity contribution < 1.29 is 0 Å². The quantitative estimate of drug-likeness (QED) is 0.676. The Balaban J connectivity index is 2.16. The highest BCUT2D eigenvalue weighted by molar-refractivity contribution is 5.47. The third-order valence-corrected chi connectivity index (χ3v) is 2.43. The van der Waals surface area contributed by atoms with Crippen molar-refractivity contribution in [2.24, 2.45) is 0 Å². The molecule has 0 amide bonds. The second kappa shape index (κ2) is 3.65. The van der Waals surface area contributed by atoms with Crippen LogP contribution >= 0.6 is 0 Å². The highest BCUT2D eigenvalue weighted by atomic mass is 15.2. The molecule has 1 aromatic heterocycles. The maximum Gasteiger partial charge on any atom is 0.134 e. The second-order valence-corrected chi connectivity index (χ2v) is 3.55. The van der Waals surface area contributed by atoms with Crippen LogP contribution in [-0.2, 0) is 0 Å². The highest BCUT2D eigenvalue weighted by Gasteiger charge is 2.11. The van der Waals surface area contributed by atoms with Crippen molar-refractivity contribution in [2.45, 2.75) is 13.3 Å². The number of nitrogens with two attached hydrogens (primary N) is 1. The molecule has 0 aliphatic carbocycles. The molecule has 1 aromatic rings. The molecule has 0 unspecified atom stereocenters. The Bertz CT molecular complexity index is 359. The van der Waals surface area contributed by atoms with E-state index >= 15 is 0 Å². The molecule has 14 heavy (non-hydrogen) atoms. The molecule has 0 fully saturated rings. The largest absolute Gasteiger partial charge is 0.384 e. The molecule has 1 aliphatic heterocycles. The van der Waals surface area contributed by atoms with E-state index in [1.54, 1.807) is 0 Å². The van der Waals surface area contributed by atoms with Crippen LogP contribution < -0.4 is 10.6 Å². The summed E-state index contributed by atoms with van der Waals surface area (Å²) in [5.74, 6) is 1.45. The van der Waals surface area contributed by atoms with E-state index < -0.39 is 0 Å². The Labute approximate surface area is 83.5 Å². The maximum absolute atomic E-state index is 5.60. The van der Waals surface area contributed by atoms with Crippen molar-refractivity contribution in [1.29, 1.82) is 0 Å². The van der Waals surface area contributed by atoms with E-state index in [1.165, 1.54) is 11.9 Å². The van der Waals surface area contributed by atoms with Crippen LogP contribution in [0, 0.1) is 0 Å². The Hall–Kier alpha value is -1.58. The summed E-state index contributed by atoms with van der Waals surface area (Å²) < 4.78 is 0. The fourth-order valence-corrected chi connectivity index (χ4v) is 1.51. The Morgan fingerprint density at radius 1 is 1.43 bits per heavy atom. The number of hydrogen-bond donors (Lipinski definition) is 1. The Kier molecular flexibility index (Phi) is 2.35. The topological polar surface area (TPSA) is 55.0 Å². The van der Waals surface area contributed by atoms with Gasteiger partial charge in [-0.2, -0.15) is 0 Å². The molecule has 0 bridgehead atoms.